The number of nitrogens with zero attached hydrogens (tertiary/aromatic N) is 2. The molecule has 1 heterocycles. The van der Waals surface area contributed by atoms with Crippen LogP contribution in [-0.4, -0.2) is 60.8 Å². The molecular formula is C19H28N2O4. The van der Waals surface area contributed by atoms with E-state index in [0.717, 1.165) is 18.7 Å². The van der Waals surface area contributed by atoms with Gasteiger partial charge >= 0.3 is 12.1 Å². The Morgan fingerprint density at radius 2 is 1.60 bits per heavy atom. The van der Waals surface area contributed by atoms with Crippen molar-refractivity contribution >= 4 is 12.1 Å². The first-order valence-corrected chi connectivity index (χ1v) is 8.61. The van der Waals surface area contributed by atoms with E-state index in [1.54, 1.807) is 17.0 Å². The number of hydrogen-bond donors (Lipinski definition) is 0. The standard InChI is InChI=1S/C19H28N2O4/c1-14(15-6-8-16(9-7-15)17(22)24-5)20-10-12-21(13-11-20)18(23)25-19(2,3)4/h6-9,14H,10-13H2,1-5H3. The molecule has 0 saturated carbocycles. The highest BCUT2D eigenvalue weighted by Gasteiger charge is 2.28. The fourth-order valence-electron chi connectivity index (χ4n) is 2.84. The SMILES string of the molecule is COC(=O)c1ccc(C(C)N2CCN(C(=O)OC(C)(C)C)CC2)cc1. The molecule has 1 aromatic rings. The van der Waals surface area contributed by atoms with Gasteiger partial charge in [0.05, 0.1) is 12.7 Å². The summed E-state index contributed by atoms with van der Waals surface area (Å²) in [6.07, 6.45) is -0.248. The maximum atomic E-state index is 12.1. The Kier molecular flexibility index (Phi) is 6.06. The number of esters is 1. The van der Waals surface area contributed by atoms with Gasteiger partial charge in [0.25, 0.3) is 0 Å². The first-order chi connectivity index (χ1) is 11.7. The van der Waals surface area contributed by atoms with Crippen molar-refractivity contribution < 1.29 is 19.1 Å². The molecule has 1 atom stereocenters. The van der Waals surface area contributed by atoms with Crippen molar-refractivity contribution in [2.75, 3.05) is 33.3 Å². The van der Waals surface area contributed by atoms with Gasteiger partial charge in [0, 0.05) is 32.2 Å². The molecule has 1 aliphatic heterocycles. The van der Waals surface area contributed by atoms with E-state index in [2.05, 4.69) is 11.8 Å². The van der Waals surface area contributed by atoms with Crippen molar-refractivity contribution in [1.29, 1.82) is 0 Å². The summed E-state index contributed by atoms with van der Waals surface area (Å²) in [4.78, 5) is 27.7. The fraction of sp³-hybridized carbons (Fsp3) is 0.579. The molecular weight excluding hydrogens is 320 g/mol. The van der Waals surface area contributed by atoms with Gasteiger partial charge in [0.2, 0.25) is 0 Å². The van der Waals surface area contributed by atoms with Crippen LogP contribution in [-0.2, 0) is 9.47 Å². The van der Waals surface area contributed by atoms with Gasteiger partial charge in [0.1, 0.15) is 5.60 Å². The number of benzene rings is 1. The Bertz CT molecular complexity index is 599. The van der Waals surface area contributed by atoms with E-state index in [0.29, 0.717) is 18.7 Å². The van der Waals surface area contributed by atoms with Crippen LogP contribution in [0.1, 0.15) is 49.7 Å². The summed E-state index contributed by atoms with van der Waals surface area (Å²) in [5.41, 5.74) is 1.22. The second-order valence-corrected chi connectivity index (χ2v) is 7.29. The molecule has 1 amide bonds. The number of carbonyl (C=O) groups excluding carboxylic acids is 2. The van der Waals surface area contributed by atoms with Crippen molar-refractivity contribution in [2.45, 2.75) is 39.3 Å². The predicted molar refractivity (Wildman–Crippen MR) is 95.6 cm³/mol. The minimum Gasteiger partial charge on any atom is -0.465 e. The molecule has 1 aliphatic rings. The third-order valence-electron chi connectivity index (χ3n) is 4.33. The van der Waals surface area contributed by atoms with Crippen LogP contribution in [0.3, 0.4) is 0 Å². The van der Waals surface area contributed by atoms with Crippen molar-refractivity contribution in [3.05, 3.63) is 35.4 Å². The van der Waals surface area contributed by atoms with Crippen LogP contribution in [0.4, 0.5) is 4.79 Å². The Morgan fingerprint density at radius 3 is 2.08 bits per heavy atom. The number of carbonyl (C=O) groups is 2. The second-order valence-electron chi connectivity index (χ2n) is 7.29. The van der Waals surface area contributed by atoms with Gasteiger partial charge in [-0.15, -0.1) is 0 Å². The predicted octanol–water partition coefficient (Wildman–Crippen LogP) is 3.09. The first kappa shape index (κ1) is 19.2. The van der Waals surface area contributed by atoms with Crippen molar-refractivity contribution in [1.82, 2.24) is 9.80 Å². The second kappa shape index (κ2) is 7.87. The topological polar surface area (TPSA) is 59.1 Å². The third kappa shape index (κ3) is 5.19. The summed E-state index contributed by atoms with van der Waals surface area (Å²) < 4.78 is 10.2. The van der Waals surface area contributed by atoms with E-state index in [9.17, 15) is 9.59 Å². The lowest BCUT2D eigenvalue weighted by Gasteiger charge is -2.38. The molecule has 2 rings (SSSR count). The van der Waals surface area contributed by atoms with Crippen LogP contribution in [0.25, 0.3) is 0 Å². The van der Waals surface area contributed by atoms with Crippen LogP contribution < -0.4 is 0 Å². The van der Waals surface area contributed by atoms with Gasteiger partial charge in [-0.3, -0.25) is 4.90 Å². The Hall–Kier alpha value is -2.08. The summed E-state index contributed by atoms with van der Waals surface area (Å²) in [5, 5.41) is 0. The normalized spacial score (nSPS) is 17.1. The fourth-order valence-corrected chi connectivity index (χ4v) is 2.84. The Morgan fingerprint density at radius 1 is 1.04 bits per heavy atom. The molecule has 25 heavy (non-hydrogen) atoms. The zero-order valence-electron chi connectivity index (χ0n) is 15.7. The van der Waals surface area contributed by atoms with Crippen LogP contribution in [0, 0.1) is 0 Å². The van der Waals surface area contributed by atoms with Gasteiger partial charge < -0.3 is 14.4 Å². The largest absolute Gasteiger partial charge is 0.465 e. The Balaban J connectivity index is 1.91. The lowest BCUT2D eigenvalue weighted by atomic mass is 10.0. The van der Waals surface area contributed by atoms with Crippen LogP contribution in [0.2, 0.25) is 0 Å². The number of piperazine rings is 1. The van der Waals surface area contributed by atoms with Crippen LogP contribution >= 0.6 is 0 Å². The molecule has 6 heteroatoms. The van der Waals surface area contributed by atoms with E-state index >= 15 is 0 Å². The van der Waals surface area contributed by atoms with Gasteiger partial charge in [-0.1, -0.05) is 12.1 Å². The zero-order valence-corrected chi connectivity index (χ0v) is 15.7. The van der Waals surface area contributed by atoms with E-state index < -0.39 is 5.60 Å². The molecule has 138 valence electrons. The van der Waals surface area contributed by atoms with Gasteiger partial charge in [-0.05, 0) is 45.4 Å². The first-order valence-electron chi connectivity index (χ1n) is 8.61. The number of hydrogen-bond acceptors (Lipinski definition) is 5. The zero-order chi connectivity index (χ0) is 18.6. The average molecular weight is 348 g/mol. The summed E-state index contributed by atoms with van der Waals surface area (Å²) in [5.74, 6) is -0.329. The quantitative estimate of drug-likeness (QED) is 0.786. The molecule has 6 nitrogen and oxygen atoms in total. The molecule has 0 spiro atoms. The number of amides is 1. The van der Waals surface area contributed by atoms with E-state index in [-0.39, 0.29) is 18.1 Å². The van der Waals surface area contributed by atoms with Gasteiger partial charge in [-0.2, -0.15) is 0 Å². The summed E-state index contributed by atoms with van der Waals surface area (Å²) in [7, 11) is 1.38. The highest BCUT2D eigenvalue weighted by molar-refractivity contribution is 5.89. The molecule has 1 fully saturated rings. The molecule has 0 radical (unpaired) electrons. The summed E-state index contributed by atoms with van der Waals surface area (Å²) in [6.45, 7) is 10.7. The van der Waals surface area contributed by atoms with Gasteiger partial charge in [-0.25, -0.2) is 9.59 Å². The molecule has 0 aromatic heterocycles. The van der Waals surface area contributed by atoms with E-state index in [4.69, 9.17) is 9.47 Å². The molecule has 1 aromatic carbocycles. The van der Waals surface area contributed by atoms with E-state index in [1.807, 2.05) is 32.9 Å². The highest BCUT2D eigenvalue weighted by Crippen LogP contribution is 2.23. The number of ether oxygens (including phenoxy) is 2. The maximum Gasteiger partial charge on any atom is 0.410 e. The third-order valence-corrected chi connectivity index (χ3v) is 4.33. The maximum absolute atomic E-state index is 12.1. The minimum absolute atomic E-state index is 0.215. The summed E-state index contributed by atoms with van der Waals surface area (Å²) >= 11 is 0. The highest BCUT2D eigenvalue weighted by atomic mass is 16.6. The molecule has 1 saturated heterocycles. The van der Waals surface area contributed by atoms with E-state index in [1.165, 1.54) is 7.11 Å². The van der Waals surface area contributed by atoms with Crippen LogP contribution in [0.15, 0.2) is 24.3 Å². The van der Waals surface area contributed by atoms with Crippen LogP contribution in [0.5, 0.6) is 0 Å². The number of rotatable bonds is 3. The minimum atomic E-state index is -0.469. The lowest BCUT2D eigenvalue weighted by molar-refractivity contribution is 0.0110. The van der Waals surface area contributed by atoms with Gasteiger partial charge in [0.15, 0.2) is 0 Å². The lowest BCUT2D eigenvalue weighted by Crippen LogP contribution is -2.50. The van der Waals surface area contributed by atoms with Crippen molar-refractivity contribution in [2.24, 2.45) is 0 Å². The number of methoxy groups -OCH3 is 1. The Labute approximate surface area is 149 Å². The monoisotopic (exact) mass is 348 g/mol. The smallest absolute Gasteiger partial charge is 0.410 e. The summed E-state index contributed by atoms with van der Waals surface area (Å²) in [6, 6.07) is 7.70. The molecule has 1 unspecified atom stereocenters. The average Bonchev–Trinajstić information content (AvgIpc) is 2.59. The van der Waals surface area contributed by atoms with Crippen molar-refractivity contribution in [3.8, 4) is 0 Å². The molecule has 0 bridgehead atoms. The van der Waals surface area contributed by atoms with Crippen molar-refractivity contribution in [3.63, 3.8) is 0 Å². The molecule has 0 aliphatic carbocycles. The molecule has 0 N–H and O–H groups in total.